The first-order valence-corrected chi connectivity index (χ1v) is 18.3. The summed E-state index contributed by atoms with van der Waals surface area (Å²) in [5.41, 5.74) is 6.57. The number of imide groups is 1. The van der Waals surface area contributed by atoms with Crippen LogP contribution in [0.15, 0.2) is 84.9 Å². The van der Waals surface area contributed by atoms with Gasteiger partial charge in [-0.15, -0.1) is 0 Å². The molecule has 0 spiro atoms. The van der Waals surface area contributed by atoms with E-state index >= 15 is 0 Å². The molecule has 2 aliphatic rings. The van der Waals surface area contributed by atoms with Gasteiger partial charge in [0.05, 0.1) is 23.3 Å². The van der Waals surface area contributed by atoms with Crippen molar-refractivity contribution >= 4 is 23.6 Å². The number of carbonyl (C=O) groups is 4. The van der Waals surface area contributed by atoms with Gasteiger partial charge in [0.1, 0.15) is 0 Å². The van der Waals surface area contributed by atoms with Crippen molar-refractivity contribution in [3.8, 4) is 11.5 Å². The van der Waals surface area contributed by atoms with Crippen LogP contribution in [0.2, 0.25) is 0 Å². The van der Waals surface area contributed by atoms with Crippen molar-refractivity contribution in [1.82, 2.24) is 15.1 Å². The van der Waals surface area contributed by atoms with Crippen LogP contribution in [-0.4, -0.2) is 79.1 Å². The van der Waals surface area contributed by atoms with Crippen LogP contribution in [0.1, 0.15) is 78.7 Å². The number of rotatable bonds is 16. The van der Waals surface area contributed by atoms with Crippen LogP contribution in [0.3, 0.4) is 0 Å². The fourth-order valence-corrected chi connectivity index (χ4v) is 7.12. The van der Waals surface area contributed by atoms with E-state index in [1.807, 2.05) is 60.7 Å². The van der Waals surface area contributed by atoms with Crippen LogP contribution in [0, 0.1) is 13.8 Å². The Morgan fingerprint density at radius 3 is 2.26 bits per heavy atom. The minimum absolute atomic E-state index is 0.0550. The summed E-state index contributed by atoms with van der Waals surface area (Å²) in [5, 5.41) is 3.29. The van der Waals surface area contributed by atoms with Gasteiger partial charge in [0.2, 0.25) is 12.7 Å². The molecule has 53 heavy (non-hydrogen) atoms. The Labute approximate surface area is 311 Å². The highest BCUT2D eigenvalue weighted by Gasteiger charge is 2.36. The van der Waals surface area contributed by atoms with Crippen molar-refractivity contribution in [2.75, 3.05) is 33.5 Å². The first-order valence-electron chi connectivity index (χ1n) is 18.3. The largest absolute Gasteiger partial charge is 0.454 e. The summed E-state index contributed by atoms with van der Waals surface area (Å²) in [4.78, 5) is 57.3. The molecule has 2 aliphatic heterocycles. The van der Waals surface area contributed by atoms with Crippen molar-refractivity contribution in [3.63, 3.8) is 0 Å². The zero-order valence-electron chi connectivity index (χ0n) is 30.9. The zero-order chi connectivity index (χ0) is 37.5. The van der Waals surface area contributed by atoms with Crippen molar-refractivity contribution in [1.29, 1.82) is 0 Å². The van der Waals surface area contributed by atoms with Crippen molar-refractivity contribution < 1.29 is 33.4 Å². The number of nitrogens with zero attached hydrogens (tertiary/aromatic N) is 2. The minimum atomic E-state index is -0.597. The highest BCUT2D eigenvalue weighted by molar-refractivity contribution is 6.21. The van der Waals surface area contributed by atoms with E-state index in [2.05, 4.69) is 26.1 Å². The van der Waals surface area contributed by atoms with Gasteiger partial charge in [-0.2, -0.15) is 0 Å². The van der Waals surface area contributed by atoms with Crippen LogP contribution in [0.5, 0.6) is 11.5 Å². The lowest BCUT2D eigenvalue weighted by Crippen LogP contribution is -2.52. The maximum atomic E-state index is 14.1. The molecule has 10 nitrogen and oxygen atoms in total. The third-order valence-electron chi connectivity index (χ3n) is 10.3. The van der Waals surface area contributed by atoms with Gasteiger partial charge in [-0.05, 0) is 91.3 Å². The Hall–Kier alpha value is -5.48. The first kappa shape index (κ1) is 37.3. The molecule has 2 heterocycles. The number of benzene rings is 4. The summed E-state index contributed by atoms with van der Waals surface area (Å²) in [5.74, 6) is 0.0866. The lowest BCUT2D eigenvalue weighted by atomic mass is 9.93. The Bertz CT molecular complexity index is 1940. The molecular weight excluding hydrogens is 670 g/mol. The molecule has 276 valence electrons. The molecule has 0 bridgehead atoms. The van der Waals surface area contributed by atoms with E-state index in [0.29, 0.717) is 47.6 Å². The summed E-state index contributed by atoms with van der Waals surface area (Å²) in [6, 6.07) is 25.7. The molecule has 0 fully saturated rings. The van der Waals surface area contributed by atoms with E-state index in [9.17, 15) is 19.2 Å². The summed E-state index contributed by atoms with van der Waals surface area (Å²) in [7, 11) is 1.59. The Morgan fingerprint density at radius 2 is 1.57 bits per heavy atom. The molecule has 0 saturated carbocycles. The number of carbonyl (C=O) groups excluding carboxylic acids is 4. The number of aryl methyl sites for hydroxylation is 1. The maximum absolute atomic E-state index is 14.1. The maximum Gasteiger partial charge on any atom is 0.261 e. The highest BCUT2D eigenvalue weighted by Crippen LogP contribution is 2.33. The number of amides is 4. The molecule has 0 aromatic heterocycles. The molecule has 4 aromatic rings. The number of hydrogen-bond donors (Lipinski definition) is 1. The van der Waals surface area contributed by atoms with Gasteiger partial charge in [-0.1, -0.05) is 67.9 Å². The second-order valence-corrected chi connectivity index (χ2v) is 13.7. The molecule has 1 N–H and O–H groups in total. The van der Waals surface area contributed by atoms with Crippen LogP contribution >= 0.6 is 0 Å². The number of fused-ring (bicyclic) bond motifs is 2. The quantitative estimate of drug-likeness (QED) is 0.139. The van der Waals surface area contributed by atoms with Crippen LogP contribution in [0.4, 0.5) is 0 Å². The van der Waals surface area contributed by atoms with E-state index < -0.39 is 24.0 Å². The van der Waals surface area contributed by atoms with E-state index in [-0.39, 0.29) is 38.1 Å². The Balaban J connectivity index is 1.25. The second kappa shape index (κ2) is 16.9. The molecule has 4 amide bonds. The Morgan fingerprint density at radius 1 is 0.868 bits per heavy atom. The second-order valence-electron chi connectivity index (χ2n) is 13.7. The van der Waals surface area contributed by atoms with E-state index in [0.717, 1.165) is 45.6 Å². The monoisotopic (exact) mass is 717 g/mol. The fourth-order valence-electron chi connectivity index (χ4n) is 7.12. The molecule has 2 unspecified atom stereocenters. The number of methoxy groups -OCH3 is 1. The fraction of sp³-hybridized carbons (Fsp3) is 0.349. The molecule has 0 aliphatic carbocycles. The normalized spacial score (nSPS) is 14.2. The van der Waals surface area contributed by atoms with E-state index in [1.165, 1.54) is 0 Å². The van der Waals surface area contributed by atoms with Crippen LogP contribution in [-0.2, 0) is 28.8 Å². The predicted octanol–water partition coefficient (Wildman–Crippen LogP) is 6.10. The van der Waals surface area contributed by atoms with Gasteiger partial charge in [-0.3, -0.25) is 24.1 Å². The standard InChI is InChI=1S/C43H47N3O7/c1-5-11-32-29(3)28(2)16-18-33(32)41(48)44-36(24-30-12-7-6-8-13-30)39(51-4)26-45(22-20-31-17-19-37-38(25-31)53-27-52-37)40(47)21-23-46-42(49)34-14-9-10-15-35(34)43(46)50/h6-10,12-19,25,36,39H,5,11,20-24,26-27H2,1-4H3,(H,44,48). The lowest BCUT2D eigenvalue weighted by Gasteiger charge is -2.33. The average Bonchev–Trinajstić information content (AvgIpc) is 3.74. The van der Waals surface area contributed by atoms with Gasteiger partial charge in [0.15, 0.2) is 11.5 Å². The summed E-state index contributed by atoms with van der Waals surface area (Å²) < 4.78 is 17.2. The zero-order valence-corrected chi connectivity index (χ0v) is 30.9. The molecular formula is C43H47N3O7. The van der Waals surface area contributed by atoms with Crippen LogP contribution in [0.25, 0.3) is 0 Å². The number of nitrogens with one attached hydrogen (secondary N) is 1. The SMILES string of the molecule is CCCc1c(C(=O)NC(Cc2ccccc2)C(CN(CCc2ccc3c(c2)OCO3)C(=O)CCN2C(=O)c3ccccc3C2=O)OC)ccc(C)c1C. The summed E-state index contributed by atoms with van der Waals surface area (Å²) in [6.45, 7) is 6.81. The third kappa shape index (κ3) is 8.44. The van der Waals surface area contributed by atoms with Crippen molar-refractivity contribution in [2.24, 2.45) is 0 Å². The molecule has 6 rings (SSSR count). The average molecular weight is 718 g/mol. The van der Waals surface area contributed by atoms with Crippen molar-refractivity contribution in [2.45, 2.75) is 65.0 Å². The molecule has 4 aromatic carbocycles. The molecule has 10 heteroatoms. The van der Waals surface area contributed by atoms with Gasteiger partial charge < -0.3 is 24.4 Å². The topological polar surface area (TPSA) is 114 Å². The van der Waals surface area contributed by atoms with Gasteiger partial charge in [0, 0.05) is 38.7 Å². The third-order valence-corrected chi connectivity index (χ3v) is 10.3. The van der Waals surface area contributed by atoms with Gasteiger partial charge in [0.25, 0.3) is 17.7 Å². The molecule has 2 atom stereocenters. The lowest BCUT2D eigenvalue weighted by molar-refractivity contribution is -0.133. The number of hydrogen-bond acceptors (Lipinski definition) is 7. The van der Waals surface area contributed by atoms with E-state index in [4.69, 9.17) is 14.2 Å². The smallest absolute Gasteiger partial charge is 0.261 e. The predicted molar refractivity (Wildman–Crippen MR) is 201 cm³/mol. The van der Waals surface area contributed by atoms with Crippen LogP contribution < -0.4 is 14.8 Å². The summed E-state index contributed by atoms with van der Waals surface area (Å²) in [6.07, 6.45) is 1.99. The summed E-state index contributed by atoms with van der Waals surface area (Å²) >= 11 is 0. The highest BCUT2D eigenvalue weighted by atomic mass is 16.7. The van der Waals surface area contributed by atoms with Gasteiger partial charge in [-0.25, -0.2) is 0 Å². The minimum Gasteiger partial charge on any atom is -0.454 e. The molecule has 0 radical (unpaired) electrons. The molecule has 0 saturated heterocycles. The van der Waals surface area contributed by atoms with Crippen molar-refractivity contribution in [3.05, 3.63) is 129 Å². The van der Waals surface area contributed by atoms with E-state index in [1.54, 1.807) is 36.3 Å². The Kier molecular flexibility index (Phi) is 11.9. The van der Waals surface area contributed by atoms with Gasteiger partial charge >= 0.3 is 0 Å². The number of ether oxygens (including phenoxy) is 3. The first-order chi connectivity index (χ1) is 25.7.